The van der Waals surface area contributed by atoms with Crippen LogP contribution in [0.25, 0.3) is 6.08 Å². The summed E-state index contributed by atoms with van der Waals surface area (Å²) in [6.07, 6.45) is 5.14. The number of allylic oxidation sites excluding steroid dienone is 1. The molecule has 2 heteroatoms. The topological polar surface area (TPSA) is 12.0 Å². The standard InChI is InChI=1S/C12H16ClN/c1-14-10-12-7-4-6-11(9-12)5-2-3-8-13/h2,4-7,9,14H,3,8,10H2,1H3. The second kappa shape index (κ2) is 6.63. The van der Waals surface area contributed by atoms with Gasteiger partial charge in [0.05, 0.1) is 0 Å². The van der Waals surface area contributed by atoms with E-state index in [0.717, 1.165) is 13.0 Å². The van der Waals surface area contributed by atoms with Gasteiger partial charge in [-0.1, -0.05) is 36.4 Å². The first-order valence-electron chi connectivity index (χ1n) is 4.83. The summed E-state index contributed by atoms with van der Waals surface area (Å²) in [7, 11) is 1.95. The van der Waals surface area contributed by atoms with Crippen molar-refractivity contribution in [3.8, 4) is 0 Å². The van der Waals surface area contributed by atoms with E-state index in [1.165, 1.54) is 11.1 Å². The van der Waals surface area contributed by atoms with E-state index in [1.807, 2.05) is 7.05 Å². The van der Waals surface area contributed by atoms with Crippen molar-refractivity contribution in [2.24, 2.45) is 0 Å². The summed E-state index contributed by atoms with van der Waals surface area (Å²) in [6, 6.07) is 8.48. The molecule has 0 unspecified atom stereocenters. The van der Waals surface area contributed by atoms with Gasteiger partial charge in [0.1, 0.15) is 0 Å². The van der Waals surface area contributed by atoms with E-state index in [1.54, 1.807) is 0 Å². The van der Waals surface area contributed by atoms with Crippen LogP contribution in [0.3, 0.4) is 0 Å². The third kappa shape index (κ3) is 3.95. The van der Waals surface area contributed by atoms with Gasteiger partial charge >= 0.3 is 0 Å². The number of nitrogens with one attached hydrogen (secondary N) is 1. The maximum absolute atomic E-state index is 5.59. The second-order valence-electron chi connectivity index (χ2n) is 3.16. The Balaban J connectivity index is 2.63. The van der Waals surface area contributed by atoms with E-state index < -0.39 is 0 Å². The van der Waals surface area contributed by atoms with Gasteiger partial charge in [-0.2, -0.15) is 0 Å². The first-order valence-corrected chi connectivity index (χ1v) is 5.36. The third-order valence-electron chi connectivity index (χ3n) is 1.92. The summed E-state index contributed by atoms with van der Waals surface area (Å²) in [5.74, 6) is 0.687. The molecule has 0 saturated carbocycles. The van der Waals surface area contributed by atoms with Gasteiger partial charge in [-0.05, 0) is 24.6 Å². The molecule has 0 radical (unpaired) electrons. The lowest BCUT2D eigenvalue weighted by molar-refractivity contribution is 0.818. The van der Waals surface area contributed by atoms with Crippen molar-refractivity contribution in [3.05, 3.63) is 41.5 Å². The minimum absolute atomic E-state index is 0.687. The molecule has 0 aromatic heterocycles. The van der Waals surface area contributed by atoms with E-state index in [9.17, 15) is 0 Å². The Kier molecular flexibility index (Phi) is 5.35. The fourth-order valence-corrected chi connectivity index (χ4v) is 1.42. The maximum atomic E-state index is 5.59. The Morgan fingerprint density at radius 1 is 1.43 bits per heavy atom. The summed E-state index contributed by atoms with van der Waals surface area (Å²) in [4.78, 5) is 0. The molecule has 1 rings (SSSR count). The molecule has 0 heterocycles. The Morgan fingerprint density at radius 2 is 2.29 bits per heavy atom. The largest absolute Gasteiger partial charge is 0.316 e. The zero-order chi connectivity index (χ0) is 10.2. The fourth-order valence-electron chi connectivity index (χ4n) is 1.29. The van der Waals surface area contributed by atoms with E-state index in [4.69, 9.17) is 11.6 Å². The van der Waals surface area contributed by atoms with Crippen LogP contribution in [0, 0.1) is 0 Å². The lowest BCUT2D eigenvalue weighted by atomic mass is 10.1. The van der Waals surface area contributed by atoms with E-state index in [0.29, 0.717) is 5.88 Å². The normalized spacial score (nSPS) is 11.0. The quantitative estimate of drug-likeness (QED) is 0.736. The highest BCUT2D eigenvalue weighted by Gasteiger charge is 1.91. The van der Waals surface area contributed by atoms with Crippen molar-refractivity contribution in [3.63, 3.8) is 0 Å². The highest BCUT2D eigenvalue weighted by molar-refractivity contribution is 6.17. The summed E-state index contributed by atoms with van der Waals surface area (Å²) in [5, 5.41) is 3.13. The van der Waals surface area contributed by atoms with Gasteiger partial charge in [-0.15, -0.1) is 11.6 Å². The number of benzene rings is 1. The first kappa shape index (κ1) is 11.3. The third-order valence-corrected chi connectivity index (χ3v) is 2.14. The van der Waals surface area contributed by atoms with Gasteiger partial charge in [-0.3, -0.25) is 0 Å². The van der Waals surface area contributed by atoms with Crippen LogP contribution in [-0.4, -0.2) is 12.9 Å². The molecule has 0 atom stereocenters. The second-order valence-corrected chi connectivity index (χ2v) is 3.53. The molecule has 0 amide bonds. The summed E-state index contributed by atoms with van der Waals surface area (Å²) >= 11 is 5.59. The predicted molar refractivity (Wildman–Crippen MR) is 63.6 cm³/mol. The van der Waals surface area contributed by atoms with Crippen LogP contribution in [0.15, 0.2) is 30.3 Å². The van der Waals surface area contributed by atoms with Crippen LogP contribution < -0.4 is 5.32 Å². The maximum Gasteiger partial charge on any atom is 0.0258 e. The van der Waals surface area contributed by atoms with Crippen molar-refractivity contribution < 1.29 is 0 Å². The molecule has 76 valence electrons. The van der Waals surface area contributed by atoms with Gasteiger partial charge in [0.15, 0.2) is 0 Å². The highest BCUT2D eigenvalue weighted by atomic mass is 35.5. The highest BCUT2D eigenvalue weighted by Crippen LogP contribution is 2.07. The number of rotatable bonds is 5. The molecule has 0 aliphatic heterocycles. The number of hydrogen-bond acceptors (Lipinski definition) is 1. The SMILES string of the molecule is CNCc1cccc(C=CCCCl)c1. The molecule has 14 heavy (non-hydrogen) atoms. The molecule has 0 fully saturated rings. The number of hydrogen-bond donors (Lipinski definition) is 1. The van der Waals surface area contributed by atoms with Crippen LogP contribution in [-0.2, 0) is 6.54 Å². The predicted octanol–water partition coefficient (Wildman–Crippen LogP) is 3.05. The van der Waals surface area contributed by atoms with Crippen molar-refractivity contribution in [1.82, 2.24) is 5.32 Å². The van der Waals surface area contributed by atoms with Crippen molar-refractivity contribution in [2.45, 2.75) is 13.0 Å². The zero-order valence-electron chi connectivity index (χ0n) is 8.46. The van der Waals surface area contributed by atoms with E-state index in [2.05, 4.69) is 41.7 Å². The summed E-state index contributed by atoms with van der Waals surface area (Å²) in [6.45, 7) is 0.914. The molecular weight excluding hydrogens is 194 g/mol. The van der Waals surface area contributed by atoms with Crippen molar-refractivity contribution in [1.29, 1.82) is 0 Å². The summed E-state index contributed by atoms with van der Waals surface area (Å²) in [5.41, 5.74) is 2.54. The Morgan fingerprint density at radius 3 is 3.00 bits per heavy atom. The molecule has 1 N–H and O–H groups in total. The van der Waals surface area contributed by atoms with Gasteiger partial charge in [0, 0.05) is 12.4 Å². The monoisotopic (exact) mass is 209 g/mol. The Hall–Kier alpha value is -0.790. The van der Waals surface area contributed by atoms with Crippen molar-refractivity contribution in [2.75, 3.05) is 12.9 Å². The minimum Gasteiger partial charge on any atom is -0.316 e. The Labute approximate surface area is 90.8 Å². The van der Waals surface area contributed by atoms with Gasteiger partial charge in [0.2, 0.25) is 0 Å². The average Bonchev–Trinajstić information content (AvgIpc) is 2.19. The smallest absolute Gasteiger partial charge is 0.0258 e. The first-order chi connectivity index (χ1) is 6.86. The van der Waals surface area contributed by atoms with Gasteiger partial charge < -0.3 is 5.32 Å². The molecule has 1 nitrogen and oxygen atoms in total. The number of alkyl halides is 1. The van der Waals surface area contributed by atoms with Gasteiger partial charge in [0.25, 0.3) is 0 Å². The van der Waals surface area contributed by atoms with Crippen LogP contribution in [0.2, 0.25) is 0 Å². The van der Waals surface area contributed by atoms with Crippen molar-refractivity contribution >= 4 is 17.7 Å². The molecule has 0 spiro atoms. The Bertz CT molecular complexity index is 294. The minimum atomic E-state index is 0.687. The molecule has 0 saturated heterocycles. The number of halogens is 1. The average molecular weight is 210 g/mol. The molecule has 1 aromatic carbocycles. The molecular formula is C12H16ClN. The van der Waals surface area contributed by atoms with Crippen LogP contribution in [0.1, 0.15) is 17.5 Å². The fraction of sp³-hybridized carbons (Fsp3) is 0.333. The lowest BCUT2D eigenvalue weighted by Crippen LogP contribution is -2.04. The molecule has 0 aliphatic carbocycles. The van der Waals surface area contributed by atoms with E-state index in [-0.39, 0.29) is 0 Å². The zero-order valence-corrected chi connectivity index (χ0v) is 9.22. The van der Waals surface area contributed by atoms with Crippen LogP contribution in [0.4, 0.5) is 0 Å². The molecule has 1 aromatic rings. The molecule has 0 bridgehead atoms. The molecule has 0 aliphatic rings. The van der Waals surface area contributed by atoms with E-state index >= 15 is 0 Å². The van der Waals surface area contributed by atoms with Crippen LogP contribution >= 0.6 is 11.6 Å². The van der Waals surface area contributed by atoms with Gasteiger partial charge in [-0.25, -0.2) is 0 Å². The summed E-state index contributed by atoms with van der Waals surface area (Å²) < 4.78 is 0. The van der Waals surface area contributed by atoms with Crippen LogP contribution in [0.5, 0.6) is 0 Å². The lowest BCUT2D eigenvalue weighted by Gasteiger charge is -2.00.